The van der Waals surface area contributed by atoms with Crippen LogP contribution in [0.25, 0.3) is 0 Å². The number of aromatic nitrogens is 3. The summed E-state index contributed by atoms with van der Waals surface area (Å²) < 4.78 is 0. The molecule has 1 fully saturated rings. The van der Waals surface area contributed by atoms with Crippen LogP contribution in [-0.2, 0) is 4.79 Å². The first kappa shape index (κ1) is 17.8. The molecule has 3 heterocycles. The number of piperidine rings is 1. The summed E-state index contributed by atoms with van der Waals surface area (Å²) in [6.07, 6.45) is 3.59. The standard InChI is InChI=1S/C18H25N5OS/c1-5-16(24)23-9-7-6-8-14(23)17-19-11(2)10-15(21-17)22-18-20-12(3)13(4)25-18/h10,14H,5-9H2,1-4H3,(H,19,20,21,22). The van der Waals surface area contributed by atoms with Crippen molar-refractivity contribution in [3.8, 4) is 0 Å². The highest BCUT2D eigenvalue weighted by Crippen LogP contribution is 2.31. The molecule has 0 saturated carbocycles. The summed E-state index contributed by atoms with van der Waals surface area (Å²) in [5, 5.41) is 4.13. The summed E-state index contributed by atoms with van der Waals surface area (Å²) in [5.74, 6) is 1.65. The van der Waals surface area contributed by atoms with Gasteiger partial charge in [-0.2, -0.15) is 0 Å². The number of thiazole rings is 1. The minimum Gasteiger partial charge on any atom is -0.332 e. The fourth-order valence-corrected chi connectivity index (χ4v) is 3.96. The van der Waals surface area contributed by atoms with Crippen LogP contribution in [0.2, 0.25) is 0 Å². The van der Waals surface area contributed by atoms with Crippen LogP contribution in [0.3, 0.4) is 0 Å². The van der Waals surface area contributed by atoms with E-state index in [1.165, 1.54) is 4.88 Å². The molecule has 0 spiro atoms. The van der Waals surface area contributed by atoms with Gasteiger partial charge in [-0.1, -0.05) is 6.92 Å². The van der Waals surface area contributed by atoms with Crippen LogP contribution in [-0.4, -0.2) is 32.3 Å². The van der Waals surface area contributed by atoms with Crippen molar-refractivity contribution >= 4 is 28.2 Å². The average Bonchev–Trinajstić information content (AvgIpc) is 2.91. The molecule has 2 aromatic heterocycles. The maximum atomic E-state index is 12.3. The van der Waals surface area contributed by atoms with E-state index in [9.17, 15) is 4.79 Å². The molecule has 1 aliphatic heterocycles. The minimum absolute atomic E-state index is 0.0265. The quantitative estimate of drug-likeness (QED) is 0.891. The molecule has 0 aliphatic carbocycles. The zero-order chi connectivity index (χ0) is 18.0. The smallest absolute Gasteiger partial charge is 0.222 e. The molecule has 1 atom stereocenters. The van der Waals surface area contributed by atoms with Crippen molar-refractivity contribution in [2.75, 3.05) is 11.9 Å². The second kappa shape index (κ2) is 7.47. The fraction of sp³-hybridized carbons (Fsp3) is 0.556. The molecule has 7 heteroatoms. The Morgan fingerprint density at radius 3 is 2.76 bits per heavy atom. The van der Waals surface area contributed by atoms with E-state index >= 15 is 0 Å². The zero-order valence-corrected chi connectivity index (χ0v) is 16.1. The summed E-state index contributed by atoms with van der Waals surface area (Å²) in [6, 6.07) is 1.89. The number of carbonyl (C=O) groups excluding carboxylic acids is 1. The van der Waals surface area contributed by atoms with Gasteiger partial charge in [0, 0.05) is 29.6 Å². The first-order valence-corrected chi connectivity index (χ1v) is 9.65. The number of anilines is 2. The molecule has 1 unspecified atom stereocenters. The second-order valence-corrected chi connectivity index (χ2v) is 7.69. The third-order valence-corrected chi connectivity index (χ3v) is 5.55. The Morgan fingerprint density at radius 2 is 2.08 bits per heavy atom. The number of likely N-dealkylation sites (tertiary alicyclic amines) is 1. The summed E-state index contributed by atoms with van der Waals surface area (Å²) in [6.45, 7) is 8.73. The van der Waals surface area contributed by atoms with E-state index in [-0.39, 0.29) is 11.9 Å². The molecular formula is C18H25N5OS. The van der Waals surface area contributed by atoms with Gasteiger partial charge in [-0.05, 0) is 40.0 Å². The van der Waals surface area contributed by atoms with Gasteiger partial charge in [0.15, 0.2) is 11.0 Å². The maximum absolute atomic E-state index is 12.3. The summed E-state index contributed by atoms with van der Waals surface area (Å²) >= 11 is 1.62. The third-order valence-electron chi connectivity index (χ3n) is 4.56. The predicted molar refractivity (Wildman–Crippen MR) is 100 cm³/mol. The molecule has 2 aromatic rings. The molecule has 1 N–H and O–H groups in total. The van der Waals surface area contributed by atoms with Crippen LogP contribution >= 0.6 is 11.3 Å². The molecule has 0 radical (unpaired) electrons. The highest BCUT2D eigenvalue weighted by molar-refractivity contribution is 7.15. The Bertz CT molecular complexity index is 753. The highest BCUT2D eigenvalue weighted by atomic mass is 32.1. The van der Waals surface area contributed by atoms with E-state index < -0.39 is 0 Å². The number of nitrogens with one attached hydrogen (secondary N) is 1. The van der Waals surface area contributed by atoms with Gasteiger partial charge < -0.3 is 10.2 Å². The van der Waals surface area contributed by atoms with Gasteiger partial charge in [-0.25, -0.2) is 15.0 Å². The SMILES string of the molecule is CCC(=O)N1CCCCC1c1nc(C)cc(Nc2nc(C)c(C)s2)n1. The van der Waals surface area contributed by atoms with E-state index in [2.05, 4.69) is 22.2 Å². The van der Waals surface area contributed by atoms with E-state index in [1.807, 2.05) is 31.7 Å². The van der Waals surface area contributed by atoms with Gasteiger partial charge in [0.05, 0.1) is 11.7 Å². The van der Waals surface area contributed by atoms with Crippen LogP contribution in [0.1, 0.15) is 60.7 Å². The van der Waals surface area contributed by atoms with Crippen LogP contribution in [0.5, 0.6) is 0 Å². The molecule has 6 nitrogen and oxygen atoms in total. The fourth-order valence-electron chi connectivity index (χ4n) is 3.14. The Labute approximate surface area is 152 Å². The largest absolute Gasteiger partial charge is 0.332 e. The molecule has 1 amide bonds. The molecule has 1 aliphatic rings. The lowest BCUT2D eigenvalue weighted by Crippen LogP contribution is -2.39. The number of aryl methyl sites for hydroxylation is 3. The lowest BCUT2D eigenvalue weighted by molar-refractivity contribution is -0.134. The molecule has 1 saturated heterocycles. The predicted octanol–water partition coefficient (Wildman–Crippen LogP) is 4.07. The third kappa shape index (κ3) is 3.98. The lowest BCUT2D eigenvalue weighted by atomic mass is 10.0. The minimum atomic E-state index is -0.0265. The van der Waals surface area contributed by atoms with E-state index in [0.29, 0.717) is 6.42 Å². The molecule has 0 aromatic carbocycles. The summed E-state index contributed by atoms with van der Waals surface area (Å²) in [4.78, 5) is 29.3. The zero-order valence-electron chi connectivity index (χ0n) is 15.3. The van der Waals surface area contributed by atoms with Crippen molar-refractivity contribution in [2.45, 2.75) is 59.4 Å². The van der Waals surface area contributed by atoms with Crippen LogP contribution in [0.15, 0.2) is 6.07 Å². The average molecular weight is 359 g/mol. The Morgan fingerprint density at radius 1 is 1.28 bits per heavy atom. The number of hydrogen-bond donors (Lipinski definition) is 1. The van der Waals surface area contributed by atoms with E-state index in [0.717, 1.165) is 54.0 Å². The first-order chi connectivity index (χ1) is 12.0. The van der Waals surface area contributed by atoms with Crippen molar-refractivity contribution < 1.29 is 4.79 Å². The molecule has 0 bridgehead atoms. The van der Waals surface area contributed by atoms with E-state index in [1.54, 1.807) is 11.3 Å². The van der Waals surface area contributed by atoms with Gasteiger partial charge in [-0.3, -0.25) is 4.79 Å². The van der Waals surface area contributed by atoms with Crippen molar-refractivity contribution in [2.24, 2.45) is 0 Å². The number of amides is 1. The molecule has 25 heavy (non-hydrogen) atoms. The normalized spacial score (nSPS) is 17.6. The van der Waals surface area contributed by atoms with E-state index in [4.69, 9.17) is 4.98 Å². The van der Waals surface area contributed by atoms with Crippen molar-refractivity contribution in [3.05, 3.63) is 28.2 Å². The van der Waals surface area contributed by atoms with Crippen LogP contribution in [0.4, 0.5) is 10.9 Å². The Balaban J connectivity index is 1.88. The van der Waals surface area contributed by atoms with Crippen molar-refractivity contribution in [1.29, 1.82) is 0 Å². The van der Waals surface area contributed by atoms with Crippen molar-refractivity contribution in [3.63, 3.8) is 0 Å². The lowest BCUT2D eigenvalue weighted by Gasteiger charge is -2.34. The number of hydrogen-bond acceptors (Lipinski definition) is 6. The summed E-state index contributed by atoms with van der Waals surface area (Å²) in [5.41, 5.74) is 1.93. The van der Waals surface area contributed by atoms with Crippen LogP contribution < -0.4 is 5.32 Å². The van der Waals surface area contributed by atoms with Gasteiger partial charge in [-0.15, -0.1) is 11.3 Å². The highest BCUT2D eigenvalue weighted by Gasteiger charge is 2.29. The molecule has 134 valence electrons. The van der Waals surface area contributed by atoms with Crippen LogP contribution in [0, 0.1) is 20.8 Å². The number of nitrogens with zero attached hydrogens (tertiary/aromatic N) is 4. The molecule has 3 rings (SSSR count). The van der Waals surface area contributed by atoms with Crippen molar-refractivity contribution in [1.82, 2.24) is 19.9 Å². The van der Waals surface area contributed by atoms with Gasteiger partial charge in [0.25, 0.3) is 0 Å². The number of rotatable bonds is 4. The number of carbonyl (C=O) groups is 1. The second-order valence-electron chi connectivity index (χ2n) is 6.49. The molecular weight excluding hydrogens is 334 g/mol. The van der Waals surface area contributed by atoms with Gasteiger partial charge in [0.1, 0.15) is 5.82 Å². The summed E-state index contributed by atoms with van der Waals surface area (Å²) in [7, 11) is 0. The maximum Gasteiger partial charge on any atom is 0.222 e. The Kier molecular flexibility index (Phi) is 5.32. The van der Waals surface area contributed by atoms with Gasteiger partial charge in [0.2, 0.25) is 5.91 Å². The Hall–Kier alpha value is -2.02. The topological polar surface area (TPSA) is 71.0 Å². The van der Waals surface area contributed by atoms with Gasteiger partial charge >= 0.3 is 0 Å². The first-order valence-electron chi connectivity index (χ1n) is 8.84. The monoisotopic (exact) mass is 359 g/mol.